The fourth-order valence-corrected chi connectivity index (χ4v) is 2.84. The molecule has 1 fully saturated rings. The van der Waals surface area contributed by atoms with E-state index >= 15 is 0 Å². The van der Waals surface area contributed by atoms with Crippen LogP contribution in [0.15, 0.2) is 0 Å². The molecule has 0 aromatic heterocycles. The van der Waals surface area contributed by atoms with Crippen LogP contribution in [0.5, 0.6) is 0 Å². The summed E-state index contributed by atoms with van der Waals surface area (Å²) >= 11 is 5.01. The molecule has 0 aromatic carbocycles. The molecule has 6 heteroatoms. The third-order valence-corrected chi connectivity index (χ3v) is 4.10. The van der Waals surface area contributed by atoms with Crippen molar-refractivity contribution < 1.29 is 14.7 Å². The Morgan fingerprint density at radius 3 is 2.69 bits per heavy atom. The molecule has 0 amide bonds. The highest BCUT2D eigenvalue weighted by molar-refractivity contribution is 8.10. The van der Waals surface area contributed by atoms with E-state index in [1.54, 1.807) is 6.66 Å². The Labute approximate surface area is 83.6 Å². The second-order valence-electron chi connectivity index (χ2n) is 3.46. The highest BCUT2D eigenvalue weighted by Gasteiger charge is 2.29. The van der Waals surface area contributed by atoms with Crippen molar-refractivity contribution in [3.8, 4) is 0 Å². The number of nitrogens with zero attached hydrogens (tertiary/aromatic N) is 1. The Kier molecular flexibility index (Phi) is 3.86. The molecular formula is C7H16NO3PS. The van der Waals surface area contributed by atoms with Gasteiger partial charge in [-0.1, -0.05) is 11.8 Å². The predicted molar refractivity (Wildman–Crippen MR) is 55.4 cm³/mol. The van der Waals surface area contributed by atoms with Gasteiger partial charge in [0.05, 0.1) is 18.8 Å². The van der Waals surface area contributed by atoms with Gasteiger partial charge in [-0.3, -0.25) is 0 Å². The molecule has 0 spiro atoms. The summed E-state index contributed by atoms with van der Waals surface area (Å²) in [4.78, 5) is 9.69. The molecule has 3 atom stereocenters. The van der Waals surface area contributed by atoms with Gasteiger partial charge in [0.25, 0.3) is 0 Å². The van der Waals surface area contributed by atoms with Crippen LogP contribution >= 0.6 is 6.42 Å². The molecule has 0 saturated carbocycles. The lowest BCUT2D eigenvalue weighted by atomic mass is 10.2. The van der Waals surface area contributed by atoms with E-state index < -0.39 is 6.42 Å². The van der Waals surface area contributed by atoms with E-state index in [0.29, 0.717) is 13.1 Å². The van der Waals surface area contributed by atoms with Gasteiger partial charge in [-0.25, -0.2) is 4.67 Å². The van der Waals surface area contributed by atoms with E-state index in [9.17, 15) is 4.89 Å². The first kappa shape index (κ1) is 11.6. The van der Waals surface area contributed by atoms with Crippen LogP contribution in [-0.4, -0.2) is 53.2 Å². The summed E-state index contributed by atoms with van der Waals surface area (Å²) in [6.45, 7) is 4.76. The highest BCUT2D eigenvalue weighted by Crippen LogP contribution is 2.42. The maximum Gasteiger partial charge on any atom is 0.126 e. The zero-order valence-corrected chi connectivity index (χ0v) is 9.59. The Bertz CT molecular complexity index is 220. The van der Waals surface area contributed by atoms with Crippen molar-refractivity contribution in [2.24, 2.45) is 0 Å². The predicted octanol–water partition coefficient (Wildman–Crippen LogP) is -0.000400. The molecule has 1 rings (SSSR count). The van der Waals surface area contributed by atoms with Crippen molar-refractivity contribution in [2.45, 2.75) is 19.1 Å². The van der Waals surface area contributed by atoms with E-state index in [2.05, 4.69) is 0 Å². The van der Waals surface area contributed by atoms with Crippen LogP contribution in [-0.2, 0) is 16.5 Å². The molecular weight excluding hydrogens is 209 g/mol. The molecule has 1 aliphatic heterocycles. The van der Waals surface area contributed by atoms with Crippen molar-refractivity contribution in [1.82, 2.24) is 4.67 Å². The topological polar surface area (TPSA) is 52.9 Å². The third kappa shape index (κ3) is 3.27. The summed E-state index contributed by atoms with van der Waals surface area (Å²) < 4.78 is 7.27. The summed E-state index contributed by atoms with van der Waals surface area (Å²) in [6.07, 6.45) is -2.54. The number of hydrogen-bond acceptors (Lipinski definition) is 3. The standard InChI is InChI=1S/C7H16NO3PS/c1-6-3-8(12(2,10)13)4-7(5-9)11-6/h6-7,9H,3-5H2,1-2H3,(H,10,13)/t6-,7-,12?/m0/s1. The second kappa shape index (κ2) is 4.34. The molecule has 13 heavy (non-hydrogen) atoms. The van der Waals surface area contributed by atoms with Crippen LogP contribution in [0.1, 0.15) is 6.92 Å². The van der Waals surface area contributed by atoms with Crippen LogP contribution in [0.2, 0.25) is 0 Å². The molecule has 1 saturated heterocycles. The normalized spacial score (nSPS) is 35.7. The third-order valence-electron chi connectivity index (χ3n) is 2.04. The van der Waals surface area contributed by atoms with Gasteiger partial charge in [-0.15, -0.1) is 0 Å². The highest BCUT2D eigenvalue weighted by atomic mass is 32.4. The number of aliphatic hydroxyl groups is 1. The Balaban J connectivity index is 2.62. The van der Waals surface area contributed by atoms with Crippen LogP contribution in [0.25, 0.3) is 0 Å². The average Bonchev–Trinajstić information content (AvgIpc) is 2.01. The van der Waals surface area contributed by atoms with Crippen LogP contribution < -0.4 is 0 Å². The number of aliphatic hydroxyl groups excluding tert-OH is 1. The largest absolute Gasteiger partial charge is 0.394 e. The van der Waals surface area contributed by atoms with E-state index in [1.165, 1.54) is 0 Å². The minimum atomic E-state index is -2.35. The fourth-order valence-electron chi connectivity index (χ4n) is 1.42. The molecule has 0 aromatic rings. The number of rotatable bonds is 2. The minimum Gasteiger partial charge on any atom is -0.394 e. The van der Waals surface area contributed by atoms with Crippen molar-refractivity contribution >= 4 is 18.2 Å². The molecule has 0 aliphatic carbocycles. The summed E-state index contributed by atoms with van der Waals surface area (Å²) in [7, 11) is 0. The summed E-state index contributed by atoms with van der Waals surface area (Å²) in [6, 6.07) is 0. The smallest absolute Gasteiger partial charge is 0.126 e. The maximum absolute atomic E-state index is 9.69. The van der Waals surface area contributed by atoms with Gasteiger partial charge in [0.2, 0.25) is 0 Å². The quantitative estimate of drug-likeness (QED) is 0.648. The molecule has 0 radical (unpaired) electrons. The molecule has 0 bridgehead atoms. The van der Waals surface area contributed by atoms with Crippen molar-refractivity contribution in [2.75, 3.05) is 26.4 Å². The SMILES string of the molecule is C[C@H]1CN(P(C)(O)=S)C[C@@H](CO)O1. The summed E-state index contributed by atoms with van der Waals surface area (Å²) in [5, 5.41) is 8.94. The first-order valence-corrected chi connectivity index (χ1v) is 7.41. The van der Waals surface area contributed by atoms with Gasteiger partial charge in [0.1, 0.15) is 6.42 Å². The lowest BCUT2D eigenvalue weighted by Gasteiger charge is -2.38. The molecule has 1 unspecified atom stereocenters. The van der Waals surface area contributed by atoms with E-state index in [-0.39, 0.29) is 18.8 Å². The maximum atomic E-state index is 9.69. The van der Waals surface area contributed by atoms with Crippen LogP contribution in [0.3, 0.4) is 0 Å². The van der Waals surface area contributed by atoms with Gasteiger partial charge >= 0.3 is 0 Å². The average molecular weight is 225 g/mol. The van der Waals surface area contributed by atoms with Gasteiger partial charge in [0, 0.05) is 19.8 Å². The number of morpholine rings is 1. The second-order valence-corrected chi connectivity index (χ2v) is 7.77. The van der Waals surface area contributed by atoms with Crippen LogP contribution in [0, 0.1) is 0 Å². The summed E-state index contributed by atoms with van der Waals surface area (Å²) in [5.41, 5.74) is 0. The minimum absolute atomic E-state index is 0.0177. The van der Waals surface area contributed by atoms with Gasteiger partial charge in [-0.2, -0.15) is 0 Å². The lowest BCUT2D eigenvalue weighted by molar-refractivity contribution is -0.0758. The van der Waals surface area contributed by atoms with Gasteiger partial charge in [0.15, 0.2) is 0 Å². The molecule has 78 valence electrons. The van der Waals surface area contributed by atoms with Crippen molar-refractivity contribution in [3.63, 3.8) is 0 Å². The molecule has 1 aliphatic rings. The molecule has 2 N–H and O–H groups in total. The van der Waals surface area contributed by atoms with Gasteiger partial charge in [-0.05, 0) is 6.92 Å². The lowest BCUT2D eigenvalue weighted by Crippen LogP contribution is -2.46. The zero-order valence-electron chi connectivity index (χ0n) is 7.88. The van der Waals surface area contributed by atoms with E-state index in [4.69, 9.17) is 21.7 Å². The van der Waals surface area contributed by atoms with Gasteiger partial charge < -0.3 is 14.7 Å². The molecule has 4 nitrogen and oxygen atoms in total. The van der Waals surface area contributed by atoms with Crippen LogP contribution in [0.4, 0.5) is 0 Å². The number of ether oxygens (including phenoxy) is 1. The summed E-state index contributed by atoms with van der Waals surface area (Å²) in [5.74, 6) is 0. The van der Waals surface area contributed by atoms with E-state index in [1.807, 2.05) is 11.6 Å². The van der Waals surface area contributed by atoms with Crippen molar-refractivity contribution in [1.29, 1.82) is 0 Å². The zero-order chi connectivity index (χ0) is 10.1. The Morgan fingerprint density at radius 2 is 2.23 bits per heavy atom. The fraction of sp³-hybridized carbons (Fsp3) is 1.00. The van der Waals surface area contributed by atoms with Crippen molar-refractivity contribution in [3.05, 3.63) is 0 Å². The Morgan fingerprint density at radius 1 is 1.62 bits per heavy atom. The van der Waals surface area contributed by atoms with E-state index in [0.717, 1.165) is 0 Å². The number of hydrogen-bond donors (Lipinski definition) is 2. The monoisotopic (exact) mass is 225 g/mol. The Hall–Kier alpha value is 0.490. The molecule has 1 heterocycles. The first-order valence-electron chi connectivity index (χ1n) is 4.25. The first-order chi connectivity index (χ1) is 5.93.